The molecule has 0 bridgehead atoms. The molecule has 1 fully saturated rings. The van der Waals surface area contributed by atoms with Gasteiger partial charge >= 0.3 is 0 Å². The quantitative estimate of drug-likeness (QED) is 0.679. The Morgan fingerprint density at radius 3 is 3.17 bits per heavy atom. The molecule has 6 nitrogen and oxygen atoms in total. The Kier molecular flexibility index (Phi) is 3.90. The van der Waals surface area contributed by atoms with Crippen LogP contribution in [0.5, 0.6) is 0 Å². The van der Waals surface area contributed by atoms with Gasteiger partial charge in [0.2, 0.25) is 0 Å². The van der Waals surface area contributed by atoms with Gasteiger partial charge in [0.25, 0.3) is 5.91 Å². The fraction of sp³-hybridized carbons (Fsp3) is 0.412. The fourth-order valence-corrected chi connectivity index (χ4v) is 4.45. The third kappa shape index (κ3) is 2.85. The van der Waals surface area contributed by atoms with Crippen molar-refractivity contribution in [2.45, 2.75) is 38.5 Å². The van der Waals surface area contributed by atoms with E-state index in [2.05, 4.69) is 20.7 Å². The maximum absolute atomic E-state index is 12.5. The van der Waals surface area contributed by atoms with Gasteiger partial charge in [-0.15, -0.1) is 11.3 Å². The summed E-state index contributed by atoms with van der Waals surface area (Å²) in [7, 11) is 0. The lowest BCUT2D eigenvalue weighted by Gasteiger charge is -2.15. The van der Waals surface area contributed by atoms with E-state index in [0.717, 1.165) is 28.7 Å². The first-order chi connectivity index (χ1) is 11.6. The lowest BCUT2D eigenvalue weighted by atomic mass is 10.1. The van der Waals surface area contributed by atoms with Crippen LogP contribution in [-0.4, -0.2) is 37.7 Å². The fourth-order valence-electron chi connectivity index (χ4n) is 3.52. The largest absolute Gasteiger partial charge is 0.391 e. The standard InChI is InChI=1S/C17H20N4O2S/c1-10-8-24-15-6-13(19-16(10)15)17(23)20-12-4-11(5-14(12)22)7-21-3-2-18-9-21/h2-3,6,8-9,11-12,14,19,22H,4-5,7H2,1H3,(H,20,23)/t11?,12-,14-/m1/s1. The molecule has 0 aromatic carbocycles. The van der Waals surface area contributed by atoms with Gasteiger partial charge in [0, 0.05) is 18.9 Å². The first-order valence-corrected chi connectivity index (χ1v) is 8.99. The van der Waals surface area contributed by atoms with Crippen LogP contribution in [0.15, 0.2) is 30.2 Å². The molecule has 1 saturated carbocycles. The zero-order chi connectivity index (χ0) is 16.7. The Bertz CT molecular complexity index is 851. The zero-order valence-electron chi connectivity index (χ0n) is 13.4. The molecule has 1 unspecified atom stereocenters. The second-order valence-corrected chi connectivity index (χ2v) is 7.50. The van der Waals surface area contributed by atoms with Gasteiger partial charge in [-0.05, 0) is 42.7 Å². The van der Waals surface area contributed by atoms with Crippen LogP contribution in [0.3, 0.4) is 0 Å². The number of rotatable bonds is 4. The molecule has 0 saturated heterocycles. The molecule has 3 N–H and O–H groups in total. The molecule has 0 aliphatic heterocycles. The lowest BCUT2D eigenvalue weighted by molar-refractivity contribution is 0.0869. The first kappa shape index (κ1) is 15.4. The topological polar surface area (TPSA) is 82.9 Å². The van der Waals surface area contributed by atoms with Crippen molar-refractivity contribution in [3.8, 4) is 0 Å². The van der Waals surface area contributed by atoms with Crippen molar-refractivity contribution in [2.24, 2.45) is 5.92 Å². The van der Waals surface area contributed by atoms with Gasteiger partial charge in [-0.2, -0.15) is 0 Å². The van der Waals surface area contributed by atoms with Crippen molar-refractivity contribution in [3.63, 3.8) is 0 Å². The maximum Gasteiger partial charge on any atom is 0.268 e. The smallest absolute Gasteiger partial charge is 0.268 e. The number of nitrogens with one attached hydrogen (secondary N) is 2. The van der Waals surface area contributed by atoms with Gasteiger partial charge in [-0.3, -0.25) is 4.79 Å². The number of imidazole rings is 1. The highest BCUT2D eigenvalue weighted by Crippen LogP contribution is 2.29. The number of hydrogen-bond acceptors (Lipinski definition) is 4. The zero-order valence-corrected chi connectivity index (χ0v) is 14.2. The van der Waals surface area contributed by atoms with Crippen LogP contribution >= 0.6 is 11.3 Å². The summed E-state index contributed by atoms with van der Waals surface area (Å²) < 4.78 is 3.10. The van der Waals surface area contributed by atoms with Crippen molar-refractivity contribution in [3.05, 3.63) is 41.4 Å². The van der Waals surface area contributed by atoms with Crippen LogP contribution in [0, 0.1) is 12.8 Å². The SMILES string of the molecule is Cc1csc2cc(C(=O)N[C@@H]3CC(Cn4ccnc4)C[C@H]3O)[nH]c12. The number of aromatic nitrogens is 3. The van der Waals surface area contributed by atoms with Crippen molar-refractivity contribution >= 4 is 27.5 Å². The van der Waals surface area contributed by atoms with Crippen LogP contribution in [-0.2, 0) is 6.54 Å². The summed E-state index contributed by atoms with van der Waals surface area (Å²) >= 11 is 1.63. The number of amides is 1. The van der Waals surface area contributed by atoms with E-state index in [9.17, 15) is 9.90 Å². The van der Waals surface area contributed by atoms with E-state index in [0.29, 0.717) is 18.0 Å². The lowest BCUT2D eigenvalue weighted by Crippen LogP contribution is -2.40. The normalized spacial score (nSPS) is 23.8. The molecule has 1 aliphatic rings. The number of aromatic amines is 1. The molecular formula is C17H20N4O2S. The maximum atomic E-state index is 12.5. The van der Waals surface area contributed by atoms with E-state index in [1.165, 1.54) is 0 Å². The van der Waals surface area contributed by atoms with Gasteiger partial charge in [-0.25, -0.2) is 4.98 Å². The molecule has 3 aromatic heterocycles. The van der Waals surface area contributed by atoms with Gasteiger partial charge in [-0.1, -0.05) is 0 Å². The number of aryl methyl sites for hydroxylation is 1. The summed E-state index contributed by atoms with van der Waals surface area (Å²) in [4.78, 5) is 19.7. The summed E-state index contributed by atoms with van der Waals surface area (Å²) in [6.45, 7) is 2.85. The minimum atomic E-state index is -0.500. The highest BCUT2D eigenvalue weighted by molar-refractivity contribution is 7.17. The average Bonchev–Trinajstić information content (AvgIpc) is 3.29. The molecule has 7 heteroatoms. The Hall–Kier alpha value is -2.12. The molecule has 0 radical (unpaired) electrons. The van der Waals surface area contributed by atoms with E-state index in [-0.39, 0.29) is 11.9 Å². The molecule has 3 aromatic rings. The number of thiophene rings is 1. The average molecular weight is 344 g/mol. The molecule has 0 spiro atoms. The molecule has 4 rings (SSSR count). The summed E-state index contributed by atoms with van der Waals surface area (Å²) in [5.41, 5.74) is 2.73. The summed E-state index contributed by atoms with van der Waals surface area (Å²) in [6.07, 6.45) is 6.43. The van der Waals surface area contributed by atoms with Crippen molar-refractivity contribution in [1.82, 2.24) is 19.9 Å². The van der Waals surface area contributed by atoms with E-state index >= 15 is 0 Å². The number of aliphatic hydroxyl groups is 1. The van der Waals surface area contributed by atoms with Gasteiger partial charge < -0.3 is 20.0 Å². The Labute approximate surface area is 143 Å². The Morgan fingerprint density at radius 1 is 1.54 bits per heavy atom. The highest BCUT2D eigenvalue weighted by Gasteiger charge is 2.34. The van der Waals surface area contributed by atoms with Crippen LogP contribution in [0.2, 0.25) is 0 Å². The number of fused-ring (bicyclic) bond motifs is 1. The number of H-pyrrole nitrogens is 1. The summed E-state index contributed by atoms with van der Waals surface area (Å²) in [6, 6.07) is 1.68. The van der Waals surface area contributed by atoms with Crippen LogP contribution < -0.4 is 5.32 Å². The summed E-state index contributed by atoms with van der Waals surface area (Å²) in [5, 5.41) is 15.3. The highest BCUT2D eigenvalue weighted by atomic mass is 32.1. The molecule has 3 heterocycles. The molecule has 1 aliphatic carbocycles. The van der Waals surface area contributed by atoms with Gasteiger partial charge in [0.1, 0.15) is 5.69 Å². The Balaban J connectivity index is 1.41. The molecule has 1 amide bonds. The second kappa shape index (κ2) is 6.07. The van der Waals surface area contributed by atoms with Gasteiger partial charge in [0.05, 0.1) is 28.7 Å². The van der Waals surface area contributed by atoms with Crippen LogP contribution in [0.1, 0.15) is 28.9 Å². The van der Waals surface area contributed by atoms with Gasteiger partial charge in [0.15, 0.2) is 0 Å². The minimum absolute atomic E-state index is 0.148. The molecule has 24 heavy (non-hydrogen) atoms. The monoisotopic (exact) mass is 344 g/mol. The summed E-state index contributed by atoms with van der Waals surface area (Å²) in [5.74, 6) is 0.194. The van der Waals surface area contributed by atoms with Crippen LogP contribution in [0.4, 0.5) is 0 Å². The number of hydrogen-bond donors (Lipinski definition) is 3. The van der Waals surface area contributed by atoms with E-state index in [4.69, 9.17) is 0 Å². The third-order valence-corrected chi connectivity index (χ3v) is 5.80. The Morgan fingerprint density at radius 2 is 2.42 bits per heavy atom. The number of nitrogens with zero attached hydrogens (tertiary/aromatic N) is 2. The molecule has 3 atom stereocenters. The van der Waals surface area contributed by atoms with Crippen molar-refractivity contribution in [1.29, 1.82) is 0 Å². The van der Waals surface area contributed by atoms with E-state index in [1.54, 1.807) is 23.9 Å². The minimum Gasteiger partial charge on any atom is -0.391 e. The van der Waals surface area contributed by atoms with Crippen LogP contribution in [0.25, 0.3) is 10.2 Å². The van der Waals surface area contributed by atoms with Crippen molar-refractivity contribution < 1.29 is 9.90 Å². The second-order valence-electron chi connectivity index (χ2n) is 6.59. The van der Waals surface area contributed by atoms with Crippen molar-refractivity contribution in [2.75, 3.05) is 0 Å². The predicted molar refractivity (Wildman–Crippen MR) is 93.1 cm³/mol. The molecular weight excluding hydrogens is 324 g/mol. The first-order valence-electron chi connectivity index (χ1n) is 8.11. The predicted octanol–water partition coefficient (Wildman–Crippen LogP) is 2.30. The number of carbonyl (C=O) groups excluding carboxylic acids is 1. The van der Waals surface area contributed by atoms with E-state index in [1.807, 2.05) is 23.8 Å². The number of carbonyl (C=O) groups is 1. The third-order valence-electron chi connectivity index (χ3n) is 4.75. The van der Waals surface area contributed by atoms with E-state index < -0.39 is 6.10 Å². The molecule has 126 valence electrons. The number of aliphatic hydroxyl groups excluding tert-OH is 1.